The number of nitrogens with zero attached hydrogens (tertiary/aromatic N) is 1. The van der Waals surface area contributed by atoms with Gasteiger partial charge in [0.1, 0.15) is 17.6 Å². The summed E-state index contributed by atoms with van der Waals surface area (Å²) in [6.07, 6.45) is 0.832. The fourth-order valence-electron chi connectivity index (χ4n) is 2.98. The Morgan fingerprint density at radius 1 is 1.33 bits per heavy atom. The molecule has 1 aliphatic heterocycles. The minimum absolute atomic E-state index is 0.0599. The third kappa shape index (κ3) is 3.79. The van der Waals surface area contributed by atoms with E-state index < -0.39 is 10.8 Å². The third-order valence-electron chi connectivity index (χ3n) is 4.18. The van der Waals surface area contributed by atoms with Gasteiger partial charge in [0, 0.05) is 29.7 Å². The molecule has 0 saturated heterocycles. The number of amides is 1. The third-order valence-corrected chi connectivity index (χ3v) is 4.18. The zero-order valence-electron chi connectivity index (χ0n) is 15.3. The van der Waals surface area contributed by atoms with Crippen LogP contribution in [0, 0.1) is 10.1 Å². The van der Waals surface area contributed by atoms with Gasteiger partial charge >= 0.3 is 5.69 Å². The maximum atomic E-state index is 12.6. The molecule has 0 fully saturated rings. The van der Waals surface area contributed by atoms with Crippen molar-refractivity contribution >= 4 is 17.3 Å². The molecule has 0 unspecified atom stereocenters. The summed E-state index contributed by atoms with van der Waals surface area (Å²) in [4.78, 5) is 23.2. The number of carbonyl (C=O) groups excluding carboxylic acids is 1. The minimum atomic E-state index is -0.591. The number of hydrogen-bond donors (Lipinski definition) is 1. The average Bonchev–Trinajstić information content (AvgIpc) is 3.00. The Kier molecular flexibility index (Phi) is 5.16. The second-order valence-corrected chi connectivity index (χ2v) is 6.12. The summed E-state index contributed by atoms with van der Waals surface area (Å²) < 4.78 is 16.3. The van der Waals surface area contributed by atoms with Crippen LogP contribution in [0.3, 0.4) is 0 Å². The fraction of sp³-hybridized carbons (Fsp3) is 0.316. The summed E-state index contributed by atoms with van der Waals surface area (Å²) in [6.45, 7) is 4.26. The number of nitro benzene ring substituents is 1. The highest BCUT2D eigenvalue weighted by molar-refractivity contribution is 6.05. The van der Waals surface area contributed by atoms with Gasteiger partial charge in [-0.2, -0.15) is 0 Å². The Morgan fingerprint density at radius 2 is 2.11 bits per heavy atom. The predicted molar refractivity (Wildman–Crippen MR) is 99.0 cm³/mol. The molecule has 3 rings (SSSR count). The van der Waals surface area contributed by atoms with E-state index in [2.05, 4.69) is 5.32 Å². The lowest BCUT2D eigenvalue weighted by molar-refractivity contribution is -0.385. The highest BCUT2D eigenvalue weighted by atomic mass is 16.6. The summed E-state index contributed by atoms with van der Waals surface area (Å²) in [5, 5.41) is 13.9. The first-order valence-electron chi connectivity index (χ1n) is 8.53. The molecule has 1 heterocycles. The van der Waals surface area contributed by atoms with Gasteiger partial charge in [-0.15, -0.1) is 0 Å². The van der Waals surface area contributed by atoms with Crippen LogP contribution < -0.4 is 19.5 Å². The number of nitro groups is 1. The molecule has 1 aliphatic rings. The maximum Gasteiger partial charge on any atom is 0.311 e. The van der Waals surface area contributed by atoms with Crippen molar-refractivity contribution in [3.8, 4) is 17.2 Å². The molecule has 8 nitrogen and oxygen atoms in total. The number of anilines is 1. The van der Waals surface area contributed by atoms with Crippen molar-refractivity contribution in [3.05, 3.63) is 51.6 Å². The molecule has 0 aliphatic carbocycles. The Balaban J connectivity index is 1.91. The van der Waals surface area contributed by atoms with Crippen molar-refractivity contribution in [2.24, 2.45) is 0 Å². The van der Waals surface area contributed by atoms with Crippen LogP contribution in [0.15, 0.2) is 30.3 Å². The van der Waals surface area contributed by atoms with E-state index in [0.29, 0.717) is 23.8 Å². The fourth-order valence-corrected chi connectivity index (χ4v) is 2.98. The van der Waals surface area contributed by atoms with Crippen LogP contribution in [0.4, 0.5) is 11.4 Å². The highest BCUT2D eigenvalue weighted by Crippen LogP contribution is 2.38. The van der Waals surface area contributed by atoms with Gasteiger partial charge in [-0.1, -0.05) is 0 Å². The van der Waals surface area contributed by atoms with Crippen LogP contribution in [0.25, 0.3) is 0 Å². The smallest absolute Gasteiger partial charge is 0.311 e. The molecule has 0 spiro atoms. The monoisotopic (exact) mass is 372 g/mol. The quantitative estimate of drug-likeness (QED) is 0.614. The predicted octanol–water partition coefficient (Wildman–Crippen LogP) is 3.58. The summed E-state index contributed by atoms with van der Waals surface area (Å²) in [6, 6.07) is 7.62. The number of methoxy groups -OCH3 is 1. The van der Waals surface area contributed by atoms with E-state index in [0.717, 1.165) is 12.0 Å². The normalized spacial score (nSPS) is 14.9. The van der Waals surface area contributed by atoms with Gasteiger partial charge in [0.25, 0.3) is 5.91 Å². The second-order valence-electron chi connectivity index (χ2n) is 6.12. The lowest BCUT2D eigenvalue weighted by atomic mass is 10.1. The van der Waals surface area contributed by atoms with E-state index in [1.165, 1.54) is 25.3 Å². The SMILES string of the molecule is CCOc1cc2c(cc1NC(=O)c1ccc(OC)c([N+](=O)[O-])c1)O[C@@H](C)C2. The van der Waals surface area contributed by atoms with Crippen molar-refractivity contribution in [2.45, 2.75) is 26.4 Å². The van der Waals surface area contributed by atoms with Crippen molar-refractivity contribution < 1.29 is 23.9 Å². The summed E-state index contributed by atoms with van der Waals surface area (Å²) in [7, 11) is 1.34. The molecule has 0 aromatic heterocycles. The van der Waals surface area contributed by atoms with Crippen molar-refractivity contribution in [1.29, 1.82) is 0 Å². The maximum absolute atomic E-state index is 12.6. The van der Waals surface area contributed by atoms with Gasteiger partial charge in [-0.25, -0.2) is 0 Å². The average molecular weight is 372 g/mol. The zero-order chi connectivity index (χ0) is 19.6. The van der Waals surface area contributed by atoms with Gasteiger partial charge in [-0.05, 0) is 32.0 Å². The van der Waals surface area contributed by atoms with Gasteiger partial charge in [0.2, 0.25) is 0 Å². The van der Waals surface area contributed by atoms with Crippen molar-refractivity contribution in [2.75, 3.05) is 19.0 Å². The van der Waals surface area contributed by atoms with E-state index in [1.807, 2.05) is 19.9 Å². The standard InChI is InChI=1S/C19H20N2O6/c1-4-26-18-9-13-7-11(2)27-17(13)10-14(18)20-19(22)12-5-6-16(25-3)15(8-12)21(23)24/h5-6,8-11H,4,7H2,1-3H3,(H,20,22)/t11-/m0/s1. The molecule has 142 valence electrons. The molecule has 2 aromatic rings. The number of hydrogen-bond acceptors (Lipinski definition) is 6. The first kappa shape index (κ1) is 18.5. The lowest BCUT2D eigenvalue weighted by Crippen LogP contribution is -2.13. The van der Waals surface area contributed by atoms with Crippen LogP contribution in [-0.2, 0) is 6.42 Å². The Labute approximate surface area is 156 Å². The number of rotatable bonds is 6. The Morgan fingerprint density at radius 3 is 2.78 bits per heavy atom. The molecule has 1 N–H and O–H groups in total. The summed E-state index contributed by atoms with van der Waals surface area (Å²) >= 11 is 0. The number of ether oxygens (including phenoxy) is 3. The first-order chi connectivity index (χ1) is 12.9. The number of carbonyl (C=O) groups is 1. The van der Waals surface area contributed by atoms with Crippen LogP contribution >= 0.6 is 0 Å². The van der Waals surface area contributed by atoms with Gasteiger partial charge < -0.3 is 19.5 Å². The number of benzene rings is 2. The van der Waals surface area contributed by atoms with Crippen LogP contribution in [0.5, 0.6) is 17.2 Å². The Bertz CT molecular complexity index is 896. The van der Waals surface area contributed by atoms with E-state index >= 15 is 0 Å². The molecule has 1 amide bonds. The molecular formula is C19H20N2O6. The topological polar surface area (TPSA) is 99.9 Å². The van der Waals surface area contributed by atoms with Crippen molar-refractivity contribution in [3.63, 3.8) is 0 Å². The molecule has 27 heavy (non-hydrogen) atoms. The molecule has 1 atom stereocenters. The number of nitrogens with one attached hydrogen (secondary N) is 1. The van der Waals surface area contributed by atoms with E-state index in [9.17, 15) is 14.9 Å². The van der Waals surface area contributed by atoms with E-state index in [-0.39, 0.29) is 23.1 Å². The molecule has 2 aromatic carbocycles. The van der Waals surface area contributed by atoms with Crippen LogP contribution in [0.1, 0.15) is 29.8 Å². The lowest BCUT2D eigenvalue weighted by Gasteiger charge is -2.14. The molecule has 0 saturated carbocycles. The van der Waals surface area contributed by atoms with E-state index in [1.54, 1.807) is 6.07 Å². The van der Waals surface area contributed by atoms with Crippen molar-refractivity contribution in [1.82, 2.24) is 0 Å². The first-order valence-corrected chi connectivity index (χ1v) is 8.53. The van der Waals surface area contributed by atoms with Crippen LogP contribution in [-0.4, -0.2) is 30.7 Å². The van der Waals surface area contributed by atoms with E-state index in [4.69, 9.17) is 14.2 Å². The second kappa shape index (κ2) is 7.53. The van der Waals surface area contributed by atoms with Gasteiger partial charge in [0.15, 0.2) is 5.75 Å². The largest absolute Gasteiger partial charge is 0.492 e. The molecule has 8 heteroatoms. The minimum Gasteiger partial charge on any atom is -0.492 e. The molecule has 0 radical (unpaired) electrons. The number of fused-ring (bicyclic) bond motifs is 1. The highest BCUT2D eigenvalue weighted by Gasteiger charge is 2.24. The zero-order valence-corrected chi connectivity index (χ0v) is 15.3. The molecular weight excluding hydrogens is 352 g/mol. The van der Waals surface area contributed by atoms with Gasteiger partial charge in [0.05, 0.1) is 24.3 Å². The molecule has 0 bridgehead atoms. The van der Waals surface area contributed by atoms with Gasteiger partial charge in [-0.3, -0.25) is 14.9 Å². The summed E-state index contributed by atoms with van der Waals surface area (Å²) in [5.74, 6) is 0.825. The Hall–Kier alpha value is -3.29. The van der Waals surface area contributed by atoms with Crippen LogP contribution in [0.2, 0.25) is 0 Å². The summed E-state index contributed by atoms with van der Waals surface area (Å²) in [5.41, 5.74) is 1.33.